The summed E-state index contributed by atoms with van der Waals surface area (Å²) in [6.07, 6.45) is 4.67. The van der Waals surface area contributed by atoms with E-state index in [1.807, 2.05) is 12.1 Å². The molecule has 2 aromatic carbocycles. The summed E-state index contributed by atoms with van der Waals surface area (Å²) in [7, 11) is 2.19. The molecule has 0 amide bonds. The highest BCUT2D eigenvalue weighted by molar-refractivity contribution is 6.31. The van der Waals surface area contributed by atoms with Gasteiger partial charge in [-0.1, -0.05) is 41.9 Å². The number of hydrogen-bond donors (Lipinski definition) is 0. The standard InChI is InChI=1S/C21H21ClN2/c1-24(14-15-7-3-2-4-8-15)21-17-9-5-6-10-19(17)23-20-13-16(22)11-12-18(20)21/h2-4,7-8,11-13H,5-6,9-10,14H2,1H3. The van der Waals surface area contributed by atoms with Crippen LogP contribution >= 0.6 is 11.6 Å². The molecule has 0 aliphatic heterocycles. The van der Waals surface area contributed by atoms with Gasteiger partial charge in [0.15, 0.2) is 0 Å². The quantitative estimate of drug-likeness (QED) is 0.636. The summed E-state index contributed by atoms with van der Waals surface area (Å²) in [5, 5.41) is 1.96. The van der Waals surface area contributed by atoms with Crippen LogP contribution < -0.4 is 4.90 Å². The molecular weight excluding hydrogens is 316 g/mol. The number of benzene rings is 2. The maximum Gasteiger partial charge on any atom is 0.0741 e. The van der Waals surface area contributed by atoms with Gasteiger partial charge in [0.05, 0.1) is 11.2 Å². The van der Waals surface area contributed by atoms with E-state index in [4.69, 9.17) is 16.6 Å². The van der Waals surface area contributed by atoms with Crippen molar-refractivity contribution < 1.29 is 0 Å². The van der Waals surface area contributed by atoms with Crippen LogP contribution in [0.4, 0.5) is 5.69 Å². The van der Waals surface area contributed by atoms with Crippen molar-refractivity contribution in [1.82, 2.24) is 4.98 Å². The lowest BCUT2D eigenvalue weighted by atomic mass is 9.92. The van der Waals surface area contributed by atoms with Crippen LogP contribution in [0, 0.1) is 0 Å². The lowest BCUT2D eigenvalue weighted by molar-refractivity contribution is 0.668. The molecule has 1 aliphatic carbocycles. The molecule has 1 heterocycles. The highest BCUT2D eigenvalue weighted by Gasteiger charge is 2.20. The molecule has 4 rings (SSSR count). The Balaban J connectivity index is 1.85. The third-order valence-corrected chi connectivity index (χ3v) is 5.07. The van der Waals surface area contributed by atoms with Gasteiger partial charge in [-0.15, -0.1) is 0 Å². The predicted molar refractivity (Wildman–Crippen MR) is 102 cm³/mol. The van der Waals surface area contributed by atoms with Gasteiger partial charge in [0, 0.05) is 29.7 Å². The molecule has 0 spiro atoms. The Labute approximate surface area is 148 Å². The number of nitrogens with zero attached hydrogens (tertiary/aromatic N) is 2. The lowest BCUT2D eigenvalue weighted by Crippen LogP contribution is -2.21. The summed E-state index contributed by atoms with van der Waals surface area (Å²) in [6.45, 7) is 0.898. The smallest absolute Gasteiger partial charge is 0.0741 e. The summed E-state index contributed by atoms with van der Waals surface area (Å²) < 4.78 is 0. The van der Waals surface area contributed by atoms with Crippen molar-refractivity contribution in [1.29, 1.82) is 0 Å². The minimum atomic E-state index is 0.752. The maximum atomic E-state index is 6.21. The SMILES string of the molecule is CN(Cc1ccccc1)c1c2c(nc3cc(Cl)ccc13)CCCC2. The molecule has 24 heavy (non-hydrogen) atoms. The highest BCUT2D eigenvalue weighted by atomic mass is 35.5. The number of hydrogen-bond acceptors (Lipinski definition) is 2. The molecule has 0 fully saturated rings. The molecule has 122 valence electrons. The molecule has 0 saturated heterocycles. The van der Waals surface area contributed by atoms with Gasteiger partial charge in [0.1, 0.15) is 0 Å². The van der Waals surface area contributed by atoms with Gasteiger partial charge in [-0.2, -0.15) is 0 Å². The summed E-state index contributed by atoms with van der Waals surface area (Å²) in [5.41, 5.74) is 6.34. The second kappa shape index (κ2) is 6.45. The number of aryl methyl sites for hydroxylation is 1. The van der Waals surface area contributed by atoms with E-state index >= 15 is 0 Å². The molecule has 0 radical (unpaired) electrons. The first kappa shape index (κ1) is 15.5. The Bertz CT molecular complexity index is 874. The van der Waals surface area contributed by atoms with Crippen LogP contribution in [-0.2, 0) is 19.4 Å². The number of aromatic nitrogens is 1. The molecule has 2 nitrogen and oxygen atoms in total. The zero-order chi connectivity index (χ0) is 16.5. The molecule has 1 aromatic heterocycles. The van der Waals surface area contributed by atoms with Crippen LogP contribution in [0.2, 0.25) is 5.02 Å². The van der Waals surface area contributed by atoms with E-state index in [1.165, 1.54) is 40.7 Å². The van der Waals surface area contributed by atoms with Gasteiger partial charge in [-0.05, 0) is 55.0 Å². The number of pyridine rings is 1. The molecule has 0 N–H and O–H groups in total. The Kier molecular flexibility index (Phi) is 4.15. The van der Waals surface area contributed by atoms with Gasteiger partial charge in [-0.25, -0.2) is 0 Å². The van der Waals surface area contributed by atoms with E-state index in [0.717, 1.165) is 29.9 Å². The summed E-state index contributed by atoms with van der Waals surface area (Å²) in [4.78, 5) is 7.29. The number of fused-ring (bicyclic) bond motifs is 2. The summed E-state index contributed by atoms with van der Waals surface area (Å²) in [5.74, 6) is 0. The van der Waals surface area contributed by atoms with E-state index in [0.29, 0.717) is 0 Å². The van der Waals surface area contributed by atoms with Crippen molar-refractivity contribution in [3.05, 3.63) is 70.4 Å². The van der Waals surface area contributed by atoms with Gasteiger partial charge in [0.2, 0.25) is 0 Å². The van der Waals surface area contributed by atoms with Crippen LogP contribution in [-0.4, -0.2) is 12.0 Å². The third-order valence-electron chi connectivity index (χ3n) is 4.84. The Morgan fingerprint density at radius 1 is 1.04 bits per heavy atom. The summed E-state index contributed by atoms with van der Waals surface area (Å²) in [6, 6.07) is 16.7. The zero-order valence-corrected chi connectivity index (χ0v) is 14.7. The molecular formula is C21H21ClN2. The van der Waals surface area contributed by atoms with E-state index in [1.54, 1.807) is 0 Å². The Morgan fingerprint density at radius 2 is 1.83 bits per heavy atom. The second-order valence-corrected chi connectivity index (χ2v) is 7.03. The lowest BCUT2D eigenvalue weighted by Gasteiger charge is -2.28. The van der Waals surface area contributed by atoms with Crippen molar-refractivity contribution in [2.24, 2.45) is 0 Å². The largest absolute Gasteiger partial charge is 0.369 e. The van der Waals surface area contributed by atoms with Crippen LogP contribution in [0.15, 0.2) is 48.5 Å². The van der Waals surface area contributed by atoms with Crippen molar-refractivity contribution in [3.8, 4) is 0 Å². The molecule has 3 heteroatoms. The first-order valence-corrected chi connectivity index (χ1v) is 8.96. The minimum Gasteiger partial charge on any atom is -0.369 e. The fourth-order valence-corrected chi connectivity index (χ4v) is 3.91. The number of anilines is 1. The Morgan fingerprint density at radius 3 is 2.67 bits per heavy atom. The van der Waals surface area contributed by atoms with E-state index in [9.17, 15) is 0 Å². The molecule has 3 aromatic rings. The van der Waals surface area contributed by atoms with Gasteiger partial charge < -0.3 is 4.90 Å². The zero-order valence-electron chi connectivity index (χ0n) is 13.9. The molecule has 0 saturated carbocycles. The number of rotatable bonds is 3. The molecule has 0 bridgehead atoms. The van der Waals surface area contributed by atoms with Gasteiger partial charge in [0.25, 0.3) is 0 Å². The molecule has 1 aliphatic rings. The van der Waals surface area contributed by atoms with Crippen molar-refractivity contribution in [2.45, 2.75) is 32.2 Å². The number of halogens is 1. The van der Waals surface area contributed by atoms with Crippen LogP contribution in [0.3, 0.4) is 0 Å². The van der Waals surface area contributed by atoms with Crippen molar-refractivity contribution in [2.75, 3.05) is 11.9 Å². The molecule has 0 atom stereocenters. The third kappa shape index (κ3) is 2.87. The second-order valence-electron chi connectivity index (χ2n) is 6.60. The topological polar surface area (TPSA) is 16.1 Å². The Hall–Kier alpha value is -2.06. The fraction of sp³-hybridized carbons (Fsp3) is 0.286. The normalized spacial score (nSPS) is 13.8. The first-order valence-electron chi connectivity index (χ1n) is 8.58. The first-order chi connectivity index (χ1) is 11.7. The minimum absolute atomic E-state index is 0.752. The summed E-state index contributed by atoms with van der Waals surface area (Å²) >= 11 is 6.21. The monoisotopic (exact) mass is 336 g/mol. The maximum absolute atomic E-state index is 6.21. The van der Waals surface area contributed by atoms with E-state index in [-0.39, 0.29) is 0 Å². The fourth-order valence-electron chi connectivity index (χ4n) is 3.75. The average molecular weight is 337 g/mol. The van der Waals surface area contributed by atoms with E-state index < -0.39 is 0 Å². The highest BCUT2D eigenvalue weighted by Crippen LogP contribution is 2.36. The van der Waals surface area contributed by atoms with Crippen LogP contribution in [0.25, 0.3) is 10.9 Å². The van der Waals surface area contributed by atoms with Crippen LogP contribution in [0.5, 0.6) is 0 Å². The van der Waals surface area contributed by atoms with Crippen molar-refractivity contribution in [3.63, 3.8) is 0 Å². The predicted octanol–water partition coefficient (Wildman–Crippen LogP) is 5.40. The molecule has 0 unspecified atom stereocenters. The van der Waals surface area contributed by atoms with Crippen LogP contribution in [0.1, 0.15) is 29.7 Å². The van der Waals surface area contributed by atoms with Crippen molar-refractivity contribution >= 4 is 28.2 Å². The van der Waals surface area contributed by atoms with E-state index in [2.05, 4.69) is 48.3 Å². The van der Waals surface area contributed by atoms with Gasteiger partial charge in [-0.3, -0.25) is 4.98 Å². The van der Waals surface area contributed by atoms with Gasteiger partial charge >= 0.3 is 0 Å². The average Bonchev–Trinajstić information content (AvgIpc) is 2.60.